The summed E-state index contributed by atoms with van der Waals surface area (Å²) in [5.41, 5.74) is 14.4. The molecular weight excluding hydrogens is 607 g/mol. The normalized spacial score (nSPS) is 11.2. The van der Waals surface area contributed by atoms with Crippen LogP contribution in [0.1, 0.15) is 0 Å². The van der Waals surface area contributed by atoms with Crippen molar-refractivity contribution >= 4 is 39.0 Å². The Balaban J connectivity index is 1.11. The number of nitrogens with zero attached hydrogens (tertiary/aromatic N) is 1. The fraction of sp³-hybridized carbons (Fsp3) is 0. The minimum absolute atomic E-state index is 0.912. The summed E-state index contributed by atoms with van der Waals surface area (Å²) in [6.07, 6.45) is 0. The summed E-state index contributed by atoms with van der Waals surface area (Å²) < 4.78 is 6.38. The van der Waals surface area contributed by atoms with E-state index in [-0.39, 0.29) is 0 Å². The van der Waals surface area contributed by atoms with E-state index >= 15 is 0 Å². The lowest BCUT2D eigenvalue weighted by Crippen LogP contribution is -2.10. The maximum Gasteiger partial charge on any atom is 0.143 e. The molecule has 0 aliphatic heterocycles. The molecule has 2 heteroatoms. The Morgan fingerprint density at radius 1 is 0.300 bits per heavy atom. The number of hydrogen-bond donors (Lipinski definition) is 0. The molecule has 2 nitrogen and oxygen atoms in total. The first-order valence-corrected chi connectivity index (χ1v) is 17.0. The highest BCUT2D eigenvalue weighted by Crippen LogP contribution is 2.40. The van der Waals surface area contributed by atoms with Gasteiger partial charge in [0, 0.05) is 33.4 Å². The molecule has 9 aromatic rings. The summed E-state index contributed by atoms with van der Waals surface area (Å²) in [6.45, 7) is 0. The van der Waals surface area contributed by atoms with Gasteiger partial charge in [-0.3, -0.25) is 0 Å². The van der Waals surface area contributed by atoms with E-state index in [0.29, 0.717) is 0 Å². The smallest absolute Gasteiger partial charge is 0.143 e. The first kappa shape index (κ1) is 29.5. The van der Waals surface area contributed by atoms with Crippen molar-refractivity contribution in [2.24, 2.45) is 0 Å². The van der Waals surface area contributed by atoms with Crippen LogP contribution in [0.5, 0.6) is 0 Å². The fourth-order valence-corrected chi connectivity index (χ4v) is 7.00. The van der Waals surface area contributed by atoms with Crippen LogP contribution >= 0.6 is 0 Å². The van der Waals surface area contributed by atoms with Crippen molar-refractivity contribution in [3.8, 4) is 44.5 Å². The summed E-state index contributed by atoms with van der Waals surface area (Å²) in [4.78, 5) is 2.35. The summed E-state index contributed by atoms with van der Waals surface area (Å²) >= 11 is 0. The zero-order chi connectivity index (χ0) is 33.3. The average molecular weight is 640 g/mol. The van der Waals surface area contributed by atoms with Gasteiger partial charge in [0.25, 0.3) is 0 Å². The van der Waals surface area contributed by atoms with E-state index in [1.807, 2.05) is 12.1 Å². The zero-order valence-corrected chi connectivity index (χ0v) is 27.4. The van der Waals surface area contributed by atoms with Crippen molar-refractivity contribution in [3.05, 3.63) is 200 Å². The van der Waals surface area contributed by atoms with Crippen LogP contribution in [0.25, 0.3) is 66.4 Å². The largest absolute Gasteiger partial charge is 0.455 e. The fourth-order valence-electron chi connectivity index (χ4n) is 7.00. The molecule has 0 aliphatic rings. The van der Waals surface area contributed by atoms with Crippen molar-refractivity contribution in [3.63, 3.8) is 0 Å². The molecule has 0 bridgehead atoms. The second-order valence-electron chi connectivity index (χ2n) is 12.6. The van der Waals surface area contributed by atoms with Gasteiger partial charge in [0.2, 0.25) is 0 Å². The molecule has 0 saturated heterocycles. The SMILES string of the molecule is c1ccc(-c2cccc(N(c3ccc(-c4cccc(-c5cccc6c5oc5ccccc56)c4)cc3)c3cccc(-c4ccccc4)c3)c2)cc1. The van der Waals surface area contributed by atoms with E-state index in [1.165, 1.54) is 22.3 Å². The molecule has 0 saturated carbocycles. The lowest BCUT2D eigenvalue weighted by Gasteiger charge is -2.27. The number of benzene rings is 8. The predicted molar refractivity (Wildman–Crippen MR) is 210 cm³/mol. The van der Waals surface area contributed by atoms with Gasteiger partial charge in [-0.05, 0) is 87.5 Å². The molecule has 50 heavy (non-hydrogen) atoms. The predicted octanol–water partition coefficient (Wildman–Crippen LogP) is 13.7. The quantitative estimate of drug-likeness (QED) is 0.173. The second-order valence-corrected chi connectivity index (χ2v) is 12.6. The van der Waals surface area contributed by atoms with Gasteiger partial charge in [-0.2, -0.15) is 0 Å². The molecule has 9 rings (SSSR count). The van der Waals surface area contributed by atoms with E-state index in [2.05, 4.69) is 193 Å². The van der Waals surface area contributed by atoms with Gasteiger partial charge in [-0.15, -0.1) is 0 Å². The molecule has 0 radical (unpaired) electrons. The molecule has 8 aromatic carbocycles. The van der Waals surface area contributed by atoms with E-state index in [1.54, 1.807) is 0 Å². The highest BCUT2D eigenvalue weighted by atomic mass is 16.3. The molecule has 0 spiro atoms. The Morgan fingerprint density at radius 2 is 0.780 bits per heavy atom. The topological polar surface area (TPSA) is 16.4 Å². The monoisotopic (exact) mass is 639 g/mol. The van der Waals surface area contributed by atoms with Gasteiger partial charge in [-0.1, -0.05) is 152 Å². The van der Waals surface area contributed by atoms with Crippen LogP contribution in [0, 0.1) is 0 Å². The van der Waals surface area contributed by atoms with Gasteiger partial charge in [0.1, 0.15) is 11.2 Å². The molecule has 0 fully saturated rings. The Kier molecular flexibility index (Phi) is 7.53. The lowest BCUT2D eigenvalue weighted by molar-refractivity contribution is 0.670. The summed E-state index contributed by atoms with van der Waals surface area (Å²) in [7, 11) is 0. The van der Waals surface area contributed by atoms with Crippen LogP contribution in [0.2, 0.25) is 0 Å². The average Bonchev–Trinajstić information content (AvgIpc) is 3.58. The number of fused-ring (bicyclic) bond motifs is 3. The van der Waals surface area contributed by atoms with E-state index < -0.39 is 0 Å². The third-order valence-electron chi connectivity index (χ3n) is 9.46. The van der Waals surface area contributed by atoms with E-state index in [9.17, 15) is 0 Å². The first-order chi connectivity index (χ1) is 24.8. The molecule has 0 aliphatic carbocycles. The van der Waals surface area contributed by atoms with Crippen molar-refractivity contribution < 1.29 is 4.42 Å². The summed E-state index contributed by atoms with van der Waals surface area (Å²) in [6, 6.07) is 71.1. The highest BCUT2D eigenvalue weighted by Gasteiger charge is 2.16. The maximum absolute atomic E-state index is 6.38. The molecule has 0 unspecified atom stereocenters. The molecule has 0 amide bonds. The molecule has 0 N–H and O–H groups in total. The van der Waals surface area contributed by atoms with Crippen LogP contribution < -0.4 is 4.90 Å². The van der Waals surface area contributed by atoms with Crippen LogP contribution in [-0.4, -0.2) is 0 Å². The van der Waals surface area contributed by atoms with Crippen molar-refractivity contribution in [1.82, 2.24) is 0 Å². The molecular formula is C48H33NO. The Bertz CT molecular complexity index is 2500. The molecule has 0 atom stereocenters. The number of para-hydroxylation sites is 2. The Morgan fingerprint density at radius 3 is 1.44 bits per heavy atom. The first-order valence-electron chi connectivity index (χ1n) is 17.0. The number of hydrogen-bond acceptors (Lipinski definition) is 2. The number of rotatable bonds is 7. The van der Waals surface area contributed by atoms with Crippen LogP contribution in [0.4, 0.5) is 17.1 Å². The van der Waals surface area contributed by atoms with E-state index in [4.69, 9.17) is 4.42 Å². The molecule has 236 valence electrons. The lowest BCUT2D eigenvalue weighted by atomic mass is 9.97. The standard InChI is InChI=1S/C48H33NO/c1-3-13-34(14-4-1)38-18-10-21-42(32-38)49(43-22-11-19-39(33-43)35-15-5-2-6-16-35)41-29-27-36(28-30-41)37-17-9-20-40(31-37)44-24-12-25-46-45-23-7-8-26-47(45)50-48(44)46/h1-33H. The summed E-state index contributed by atoms with van der Waals surface area (Å²) in [5, 5.41) is 2.28. The van der Waals surface area contributed by atoms with Gasteiger partial charge < -0.3 is 9.32 Å². The van der Waals surface area contributed by atoms with Crippen LogP contribution in [0.3, 0.4) is 0 Å². The van der Waals surface area contributed by atoms with Crippen LogP contribution in [-0.2, 0) is 0 Å². The van der Waals surface area contributed by atoms with Gasteiger partial charge >= 0.3 is 0 Å². The Labute approximate surface area is 292 Å². The summed E-state index contributed by atoms with van der Waals surface area (Å²) in [5.74, 6) is 0. The van der Waals surface area contributed by atoms with Crippen molar-refractivity contribution in [2.75, 3.05) is 4.90 Å². The van der Waals surface area contributed by atoms with Crippen molar-refractivity contribution in [1.29, 1.82) is 0 Å². The highest BCUT2D eigenvalue weighted by molar-refractivity contribution is 6.09. The third-order valence-corrected chi connectivity index (χ3v) is 9.46. The van der Waals surface area contributed by atoms with Gasteiger partial charge in [0.15, 0.2) is 0 Å². The molecule has 1 aromatic heterocycles. The van der Waals surface area contributed by atoms with Gasteiger partial charge in [0.05, 0.1) is 0 Å². The maximum atomic E-state index is 6.38. The van der Waals surface area contributed by atoms with E-state index in [0.717, 1.165) is 61.3 Å². The van der Waals surface area contributed by atoms with Gasteiger partial charge in [-0.25, -0.2) is 0 Å². The Hall–Kier alpha value is -6.64. The van der Waals surface area contributed by atoms with Crippen LogP contribution in [0.15, 0.2) is 205 Å². The third kappa shape index (κ3) is 5.53. The minimum atomic E-state index is 0.912. The second kappa shape index (κ2) is 12.8. The number of furan rings is 1. The van der Waals surface area contributed by atoms with Crippen molar-refractivity contribution in [2.45, 2.75) is 0 Å². The minimum Gasteiger partial charge on any atom is -0.455 e. The zero-order valence-electron chi connectivity index (χ0n) is 27.4. The number of anilines is 3. The molecule has 1 heterocycles.